The van der Waals surface area contributed by atoms with Crippen LogP contribution in [0.3, 0.4) is 0 Å². The van der Waals surface area contributed by atoms with E-state index < -0.39 is 0 Å². The van der Waals surface area contributed by atoms with Crippen LogP contribution in [0.15, 0.2) is 35.3 Å². The van der Waals surface area contributed by atoms with Crippen LogP contribution in [0.2, 0.25) is 0 Å². The predicted molar refractivity (Wildman–Crippen MR) is 111 cm³/mol. The van der Waals surface area contributed by atoms with Crippen LogP contribution < -0.4 is 10.5 Å². The third-order valence-electron chi connectivity index (χ3n) is 5.14. The number of hydrogen-bond acceptors (Lipinski definition) is 7. The number of aromatic nitrogens is 6. The average molecular weight is 394 g/mol. The van der Waals surface area contributed by atoms with Crippen molar-refractivity contribution in [1.29, 1.82) is 0 Å². The van der Waals surface area contributed by atoms with Gasteiger partial charge in [0.1, 0.15) is 0 Å². The van der Waals surface area contributed by atoms with Crippen molar-refractivity contribution in [2.45, 2.75) is 27.3 Å². The van der Waals surface area contributed by atoms with Crippen molar-refractivity contribution in [1.82, 2.24) is 34.4 Å². The van der Waals surface area contributed by atoms with Crippen molar-refractivity contribution >= 4 is 5.95 Å². The highest BCUT2D eigenvalue weighted by molar-refractivity contribution is 5.30. The summed E-state index contributed by atoms with van der Waals surface area (Å²) in [5.41, 5.74) is 2.81. The van der Waals surface area contributed by atoms with Crippen molar-refractivity contribution in [3.8, 4) is 5.82 Å². The summed E-state index contributed by atoms with van der Waals surface area (Å²) in [6.07, 6.45) is 1.80. The van der Waals surface area contributed by atoms with Gasteiger partial charge in [0, 0.05) is 56.4 Å². The number of aryl methyl sites for hydroxylation is 3. The molecule has 0 radical (unpaired) electrons. The van der Waals surface area contributed by atoms with E-state index in [0.717, 1.165) is 55.8 Å². The topological polar surface area (TPSA) is 85.0 Å². The smallest absolute Gasteiger partial charge is 0.266 e. The molecule has 152 valence electrons. The van der Waals surface area contributed by atoms with Crippen LogP contribution in [0.1, 0.15) is 17.1 Å². The van der Waals surface area contributed by atoms with Gasteiger partial charge in [0.15, 0.2) is 5.82 Å². The van der Waals surface area contributed by atoms with Gasteiger partial charge in [-0.3, -0.25) is 9.69 Å². The average Bonchev–Trinajstić information content (AvgIpc) is 3.06. The van der Waals surface area contributed by atoms with Gasteiger partial charge in [-0.25, -0.2) is 19.3 Å². The van der Waals surface area contributed by atoms with Crippen LogP contribution in [0.5, 0.6) is 0 Å². The molecule has 1 aliphatic heterocycles. The molecule has 1 aliphatic rings. The van der Waals surface area contributed by atoms with Gasteiger partial charge in [0.2, 0.25) is 5.95 Å². The Hall–Kier alpha value is -3.07. The van der Waals surface area contributed by atoms with E-state index in [1.54, 1.807) is 23.0 Å². The van der Waals surface area contributed by atoms with Crippen LogP contribution in [0, 0.1) is 20.8 Å². The van der Waals surface area contributed by atoms with E-state index in [0.29, 0.717) is 12.4 Å². The molecule has 0 bridgehead atoms. The first-order valence-electron chi connectivity index (χ1n) is 9.88. The second-order valence-electron chi connectivity index (χ2n) is 7.42. The fraction of sp³-hybridized carbons (Fsp3) is 0.450. The molecule has 3 aromatic rings. The monoisotopic (exact) mass is 394 g/mol. The van der Waals surface area contributed by atoms with Crippen LogP contribution in [0.25, 0.3) is 5.82 Å². The van der Waals surface area contributed by atoms with Crippen LogP contribution in [-0.4, -0.2) is 67.2 Å². The second-order valence-corrected chi connectivity index (χ2v) is 7.42. The van der Waals surface area contributed by atoms with Crippen molar-refractivity contribution < 1.29 is 0 Å². The Morgan fingerprint density at radius 2 is 1.72 bits per heavy atom. The number of anilines is 1. The first-order chi connectivity index (χ1) is 14.0. The van der Waals surface area contributed by atoms with Crippen LogP contribution in [0.4, 0.5) is 5.95 Å². The van der Waals surface area contributed by atoms with Gasteiger partial charge in [-0.1, -0.05) is 0 Å². The van der Waals surface area contributed by atoms with Gasteiger partial charge in [-0.15, -0.1) is 5.10 Å². The molecule has 4 heterocycles. The fourth-order valence-corrected chi connectivity index (χ4v) is 3.57. The molecular weight excluding hydrogens is 368 g/mol. The summed E-state index contributed by atoms with van der Waals surface area (Å²) in [7, 11) is 0. The molecule has 0 aromatic carbocycles. The molecule has 0 atom stereocenters. The first kappa shape index (κ1) is 19.3. The van der Waals surface area contributed by atoms with E-state index in [1.807, 2.05) is 32.9 Å². The van der Waals surface area contributed by atoms with Gasteiger partial charge in [-0.2, -0.15) is 5.10 Å². The molecule has 0 amide bonds. The zero-order valence-corrected chi connectivity index (χ0v) is 17.1. The van der Waals surface area contributed by atoms with E-state index in [9.17, 15) is 4.79 Å². The summed E-state index contributed by atoms with van der Waals surface area (Å²) in [4.78, 5) is 25.7. The normalized spacial score (nSPS) is 15.1. The first-order valence-corrected chi connectivity index (χ1v) is 9.88. The highest BCUT2D eigenvalue weighted by atomic mass is 16.1. The number of rotatable bonds is 5. The molecule has 9 nitrogen and oxygen atoms in total. The number of hydrogen-bond donors (Lipinski definition) is 0. The lowest BCUT2D eigenvalue weighted by Crippen LogP contribution is -2.48. The summed E-state index contributed by atoms with van der Waals surface area (Å²) >= 11 is 0. The Balaban J connectivity index is 1.38. The molecule has 29 heavy (non-hydrogen) atoms. The zero-order chi connectivity index (χ0) is 20.4. The van der Waals surface area contributed by atoms with E-state index in [4.69, 9.17) is 0 Å². The van der Waals surface area contributed by atoms with Gasteiger partial charge < -0.3 is 4.90 Å². The van der Waals surface area contributed by atoms with Crippen LogP contribution in [-0.2, 0) is 6.54 Å². The Kier molecular flexibility index (Phi) is 5.39. The van der Waals surface area contributed by atoms with Crippen LogP contribution >= 0.6 is 0 Å². The molecule has 9 heteroatoms. The van der Waals surface area contributed by atoms with Gasteiger partial charge in [0.25, 0.3) is 5.56 Å². The third-order valence-corrected chi connectivity index (χ3v) is 5.14. The third kappa shape index (κ3) is 4.34. The van der Waals surface area contributed by atoms with Crippen molar-refractivity contribution in [2.75, 3.05) is 37.6 Å². The fourth-order valence-electron chi connectivity index (χ4n) is 3.57. The van der Waals surface area contributed by atoms with E-state index in [-0.39, 0.29) is 5.56 Å². The van der Waals surface area contributed by atoms with E-state index in [1.165, 1.54) is 4.68 Å². The van der Waals surface area contributed by atoms with Gasteiger partial charge in [-0.05, 0) is 39.0 Å². The van der Waals surface area contributed by atoms with E-state index >= 15 is 0 Å². The van der Waals surface area contributed by atoms with Crippen molar-refractivity contribution in [3.63, 3.8) is 0 Å². The highest BCUT2D eigenvalue weighted by Gasteiger charge is 2.19. The minimum absolute atomic E-state index is 0.0953. The number of nitrogens with zero attached hydrogens (tertiary/aromatic N) is 8. The molecule has 0 spiro atoms. The second kappa shape index (κ2) is 8.12. The minimum atomic E-state index is -0.0953. The number of piperazine rings is 1. The standard InChI is InChI=1S/C20H26N8O/c1-15-6-7-21-20(22-15)26-11-8-25(9-12-26)10-13-27-19(29)5-4-18(24-27)28-17(3)14-16(2)23-28/h4-7,14H,8-13H2,1-3H3. The maximum atomic E-state index is 12.3. The molecule has 0 saturated carbocycles. The Morgan fingerprint density at radius 3 is 2.41 bits per heavy atom. The quantitative estimate of drug-likeness (QED) is 0.637. The summed E-state index contributed by atoms with van der Waals surface area (Å²) in [6.45, 7) is 10.8. The maximum Gasteiger partial charge on any atom is 0.266 e. The predicted octanol–water partition coefficient (Wildman–Crippen LogP) is 0.966. The lowest BCUT2D eigenvalue weighted by Gasteiger charge is -2.34. The molecule has 0 aliphatic carbocycles. The molecule has 3 aromatic heterocycles. The van der Waals surface area contributed by atoms with Gasteiger partial charge in [0.05, 0.1) is 12.2 Å². The van der Waals surface area contributed by atoms with Crippen molar-refractivity contribution in [3.05, 3.63) is 57.9 Å². The Labute approximate surface area is 169 Å². The largest absolute Gasteiger partial charge is 0.338 e. The molecule has 0 unspecified atom stereocenters. The summed E-state index contributed by atoms with van der Waals surface area (Å²) in [5.74, 6) is 1.46. The summed E-state index contributed by atoms with van der Waals surface area (Å²) in [6, 6.07) is 7.18. The van der Waals surface area contributed by atoms with E-state index in [2.05, 4.69) is 30.0 Å². The molecule has 1 fully saturated rings. The summed E-state index contributed by atoms with van der Waals surface area (Å²) < 4.78 is 3.30. The zero-order valence-electron chi connectivity index (χ0n) is 17.1. The maximum absolute atomic E-state index is 12.3. The molecular formula is C20H26N8O. The molecule has 1 saturated heterocycles. The van der Waals surface area contributed by atoms with Crippen molar-refractivity contribution in [2.24, 2.45) is 0 Å². The molecule has 0 N–H and O–H groups in total. The minimum Gasteiger partial charge on any atom is -0.338 e. The van der Waals surface area contributed by atoms with Gasteiger partial charge >= 0.3 is 0 Å². The SMILES string of the molecule is Cc1ccnc(N2CCN(CCn3nc(-n4nc(C)cc4C)ccc3=O)CC2)n1. The summed E-state index contributed by atoms with van der Waals surface area (Å²) in [5, 5.41) is 8.98. The molecule has 4 rings (SSSR count). The highest BCUT2D eigenvalue weighted by Crippen LogP contribution is 2.11. The Bertz CT molecular complexity index is 1050. The Morgan fingerprint density at radius 1 is 0.931 bits per heavy atom. The lowest BCUT2D eigenvalue weighted by molar-refractivity contribution is 0.241. The lowest BCUT2D eigenvalue weighted by atomic mass is 10.3.